The molecular weight excluding hydrogens is 350 g/mol. The molecule has 0 aliphatic rings. The van der Waals surface area contributed by atoms with Gasteiger partial charge < -0.3 is 19.7 Å². The predicted octanol–water partition coefficient (Wildman–Crippen LogP) is 2.62. The van der Waals surface area contributed by atoms with Crippen molar-refractivity contribution in [2.45, 2.75) is 6.42 Å². The molecule has 1 amide bonds. The molecule has 0 atom stereocenters. The fourth-order valence-corrected chi connectivity index (χ4v) is 2.44. The lowest BCUT2D eigenvalue weighted by atomic mass is 10.3. The molecule has 0 heterocycles. The minimum absolute atomic E-state index is 0.129. The molecule has 27 heavy (non-hydrogen) atoms. The summed E-state index contributed by atoms with van der Waals surface area (Å²) in [5, 5.41) is 13.6. The maximum absolute atomic E-state index is 11.9. The molecular formula is C19H23N3O5. The smallest absolute Gasteiger partial charge is 0.273 e. The first-order valence-corrected chi connectivity index (χ1v) is 8.49. The summed E-state index contributed by atoms with van der Waals surface area (Å²) in [6.45, 7) is 1.06. The highest BCUT2D eigenvalue weighted by Crippen LogP contribution is 2.30. The van der Waals surface area contributed by atoms with E-state index in [0.717, 1.165) is 18.7 Å². The Morgan fingerprint density at radius 2 is 1.93 bits per heavy atom. The van der Waals surface area contributed by atoms with Gasteiger partial charge in [0.15, 0.2) is 18.1 Å². The molecule has 0 aliphatic heterocycles. The summed E-state index contributed by atoms with van der Waals surface area (Å²) in [6, 6.07) is 14.0. The van der Waals surface area contributed by atoms with Crippen molar-refractivity contribution in [1.29, 1.82) is 0 Å². The highest BCUT2D eigenvalue weighted by molar-refractivity contribution is 5.77. The number of ether oxygens (including phenoxy) is 2. The second-order valence-corrected chi connectivity index (χ2v) is 5.84. The Kier molecular flexibility index (Phi) is 7.42. The Hall–Kier alpha value is -3.29. The summed E-state index contributed by atoms with van der Waals surface area (Å²) in [5.41, 5.74) is 0.986. The van der Waals surface area contributed by atoms with Crippen molar-refractivity contribution in [3.8, 4) is 11.5 Å². The van der Waals surface area contributed by atoms with E-state index in [1.807, 2.05) is 37.4 Å². The lowest BCUT2D eigenvalue weighted by molar-refractivity contribution is -0.385. The van der Waals surface area contributed by atoms with Crippen molar-refractivity contribution < 1.29 is 19.2 Å². The summed E-state index contributed by atoms with van der Waals surface area (Å²) in [6.07, 6.45) is 0.775. The van der Waals surface area contributed by atoms with Gasteiger partial charge in [0.25, 0.3) is 11.6 Å². The van der Waals surface area contributed by atoms with Gasteiger partial charge in [-0.05, 0) is 24.6 Å². The SMILES string of the molecule is COc1ccc([N+](=O)[O-])cc1OCC(=O)NCCCN(C)c1ccccc1. The van der Waals surface area contributed by atoms with Crippen molar-refractivity contribution >= 4 is 17.3 Å². The summed E-state index contributed by atoms with van der Waals surface area (Å²) < 4.78 is 10.5. The van der Waals surface area contributed by atoms with Crippen LogP contribution in [0.25, 0.3) is 0 Å². The van der Waals surface area contributed by atoms with E-state index >= 15 is 0 Å². The van der Waals surface area contributed by atoms with E-state index in [9.17, 15) is 14.9 Å². The number of carbonyl (C=O) groups excluding carboxylic acids is 1. The van der Waals surface area contributed by atoms with Crippen molar-refractivity contribution in [2.75, 3.05) is 38.8 Å². The van der Waals surface area contributed by atoms with E-state index in [-0.39, 0.29) is 24.0 Å². The number of carbonyl (C=O) groups is 1. The summed E-state index contributed by atoms with van der Waals surface area (Å²) in [7, 11) is 3.42. The van der Waals surface area contributed by atoms with E-state index in [4.69, 9.17) is 9.47 Å². The van der Waals surface area contributed by atoms with E-state index < -0.39 is 4.92 Å². The molecule has 0 fully saturated rings. The van der Waals surface area contributed by atoms with Gasteiger partial charge in [-0.1, -0.05) is 18.2 Å². The standard InChI is InChI=1S/C19H23N3O5/c1-21(15-7-4-3-5-8-15)12-6-11-20-19(23)14-27-18-13-16(22(24)25)9-10-17(18)26-2/h3-5,7-10,13H,6,11-12,14H2,1-2H3,(H,20,23). The van der Waals surface area contributed by atoms with Crippen LogP contribution in [0.1, 0.15) is 6.42 Å². The second kappa shape index (κ2) is 10.0. The van der Waals surface area contributed by atoms with Crippen molar-refractivity contribution in [3.05, 3.63) is 58.6 Å². The molecule has 0 bridgehead atoms. The molecule has 8 nitrogen and oxygen atoms in total. The third-order valence-corrected chi connectivity index (χ3v) is 3.91. The van der Waals surface area contributed by atoms with Crippen LogP contribution in [0, 0.1) is 10.1 Å². The summed E-state index contributed by atoms with van der Waals surface area (Å²) in [5.74, 6) is 0.189. The maximum Gasteiger partial charge on any atom is 0.273 e. The van der Waals surface area contributed by atoms with Gasteiger partial charge in [-0.2, -0.15) is 0 Å². The number of nitrogens with zero attached hydrogens (tertiary/aromatic N) is 2. The zero-order valence-electron chi connectivity index (χ0n) is 15.4. The van der Waals surface area contributed by atoms with Crippen LogP contribution >= 0.6 is 0 Å². The predicted molar refractivity (Wildman–Crippen MR) is 102 cm³/mol. The van der Waals surface area contributed by atoms with Crippen LogP contribution in [0.15, 0.2) is 48.5 Å². The van der Waals surface area contributed by atoms with Crippen molar-refractivity contribution in [1.82, 2.24) is 5.32 Å². The van der Waals surface area contributed by atoms with Crippen LogP contribution < -0.4 is 19.7 Å². The monoisotopic (exact) mass is 373 g/mol. The largest absolute Gasteiger partial charge is 0.493 e. The Morgan fingerprint density at radius 1 is 1.19 bits per heavy atom. The zero-order valence-corrected chi connectivity index (χ0v) is 15.4. The van der Waals surface area contributed by atoms with Gasteiger partial charge in [0.05, 0.1) is 18.1 Å². The topological polar surface area (TPSA) is 93.9 Å². The lowest BCUT2D eigenvalue weighted by Crippen LogP contribution is -2.31. The Bertz CT molecular complexity index is 767. The molecule has 0 saturated heterocycles. The minimum atomic E-state index is -0.532. The first-order chi connectivity index (χ1) is 13.0. The number of non-ortho nitro benzene ring substituents is 1. The molecule has 0 unspecified atom stereocenters. The average molecular weight is 373 g/mol. The number of hydrogen-bond donors (Lipinski definition) is 1. The number of benzene rings is 2. The zero-order chi connectivity index (χ0) is 19.6. The normalized spacial score (nSPS) is 10.1. The number of nitrogens with one attached hydrogen (secondary N) is 1. The lowest BCUT2D eigenvalue weighted by Gasteiger charge is -2.19. The van der Waals surface area contributed by atoms with Crippen LogP contribution in [0.3, 0.4) is 0 Å². The number of nitro benzene ring substituents is 1. The fraction of sp³-hybridized carbons (Fsp3) is 0.316. The van der Waals surface area contributed by atoms with Crippen molar-refractivity contribution in [2.24, 2.45) is 0 Å². The van der Waals surface area contributed by atoms with Crippen LogP contribution in [-0.4, -0.2) is 44.7 Å². The van der Waals surface area contributed by atoms with Gasteiger partial charge in [-0.15, -0.1) is 0 Å². The Labute approximate surface area is 157 Å². The fourth-order valence-electron chi connectivity index (χ4n) is 2.44. The van der Waals surface area contributed by atoms with E-state index in [2.05, 4.69) is 10.2 Å². The Balaban J connectivity index is 1.75. The van der Waals surface area contributed by atoms with Gasteiger partial charge in [0.1, 0.15) is 0 Å². The third-order valence-electron chi connectivity index (χ3n) is 3.91. The van der Waals surface area contributed by atoms with Crippen molar-refractivity contribution in [3.63, 3.8) is 0 Å². The first kappa shape index (κ1) is 20.0. The van der Waals surface area contributed by atoms with Gasteiger partial charge in [-0.3, -0.25) is 14.9 Å². The highest BCUT2D eigenvalue weighted by atomic mass is 16.6. The first-order valence-electron chi connectivity index (χ1n) is 8.49. The maximum atomic E-state index is 11.9. The number of nitro groups is 1. The molecule has 0 saturated carbocycles. The molecule has 0 spiro atoms. The molecule has 0 aliphatic carbocycles. The molecule has 1 N–H and O–H groups in total. The average Bonchev–Trinajstić information content (AvgIpc) is 2.69. The summed E-state index contributed by atoms with van der Waals surface area (Å²) >= 11 is 0. The van der Waals surface area contributed by atoms with Gasteiger partial charge in [0, 0.05) is 31.9 Å². The number of amides is 1. The Morgan fingerprint density at radius 3 is 2.59 bits per heavy atom. The number of anilines is 1. The van der Waals surface area contributed by atoms with Gasteiger partial charge in [0.2, 0.25) is 0 Å². The number of methoxy groups -OCH3 is 1. The summed E-state index contributed by atoms with van der Waals surface area (Å²) in [4.78, 5) is 24.3. The van der Waals surface area contributed by atoms with E-state index in [1.54, 1.807) is 0 Å². The molecule has 0 radical (unpaired) electrons. The van der Waals surface area contributed by atoms with E-state index in [0.29, 0.717) is 12.3 Å². The molecule has 2 aromatic rings. The van der Waals surface area contributed by atoms with Gasteiger partial charge >= 0.3 is 0 Å². The third kappa shape index (κ3) is 6.18. The van der Waals surface area contributed by atoms with Crippen LogP contribution in [0.5, 0.6) is 11.5 Å². The highest BCUT2D eigenvalue weighted by Gasteiger charge is 2.13. The van der Waals surface area contributed by atoms with Gasteiger partial charge in [-0.25, -0.2) is 0 Å². The molecule has 144 valence electrons. The molecule has 2 rings (SSSR count). The van der Waals surface area contributed by atoms with Crippen LogP contribution in [-0.2, 0) is 4.79 Å². The molecule has 0 aromatic heterocycles. The molecule has 2 aromatic carbocycles. The minimum Gasteiger partial charge on any atom is -0.493 e. The number of hydrogen-bond acceptors (Lipinski definition) is 6. The number of para-hydroxylation sites is 1. The quantitative estimate of drug-likeness (QED) is 0.391. The van der Waals surface area contributed by atoms with Crippen LogP contribution in [0.4, 0.5) is 11.4 Å². The van der Waals surface area contributed by atoms with Crippen LogP contribution in [0.2, 0.25) is 0 Å². The van der Waals surface area contributed by atoms with E-state index in [1.165, 1.54) is 25.3 Å². The second-order valence-electron chi connectivity index (χ2n) is 5.84. The molecule has 8 heteroatoms. The number of rotatable bonds is 10.